The molecule has 32 heavy (non-hydrogen) atoms. The molecule has 1 fully saturated rings. The lowest BCUT2D eigenvalue weighted by Crippen LogP contribution is -2.42. The molecule has 1 aliphatic heterocycles. The van der Waals surface area contributed by atoms with Crippen LogP contribution in [0.4, 0.5) is 0 Å². The molecule has 0 saturated carbocycles. The second kappa shape index (κ2) is 10.8. The van der Waals surface area contributed by atoms with Crippen LogP contribution >= 0.6 is 0 Å². The van der Waals surface area contributed by atoms with Gasteiger partial charge in [-0.15, -0.1) is 5.10 Å². The molecule has 0 aliphatic carbocycles. The summed E-state index contributed by atoms with van der Waals surface area (Å²) in [7, 11) is 0. The van der Waals surface area contributed by atoms with Crippen LogP contribution in [0.15, 0.2) is 66.9 Å². The minimum Gasteiger partial charge on any atom is -0.379 e. The highest BCUT2D eigenvalue weighted by Crippen LogP contribution is 2.16. The van der Waals surface area contributed by atoms with Crippen molar-refractivity contribution < 1.29 is 9.53 Å². The zero-order chi connectivity index (χ0) is 22.2. The van der Waals surface area contributed by atoms with E-state index in [1.54, 1.807) is 10.8 Å². The number of morpholine rings is 1. The van der Waals surface area contributed by atoms with E-state index >= 15 is 0 Å². The van der Waals surface area contributed by atoms with E-state index in [1.165, 1.54) is 11.6 Å². The molecule has 1 amide bonds. The summed E-state index contributed by atoms with van der Waals surface area (Å²) in [6, 6.07) is 18.3. The van der Waals surface area contributed by atoms with Gasteiger partial charge in [0.05, 0.1) is 32.0 Å². The summed E-state index contributed by atoms with van der Waals surface area (Å²) >= 11 is 0. The maximum absolute atomic E-state index is 12.7. The van der Waals surface area contributed by atoms with E-state index in [4.69, 9.17) is 4.74 Å². The number of hydrogen-bond donors (Lipinski definition) is 1. The lowest BCUT2D eigenvalue weighted by molar-refractivity contribution is -0.117. The van der Waals surface area contributed by atoms with Gasteiger partial charge >= 0.3 is 0 Å². The highest BCUT2D eigenvalue weighted by atomic mass is 16.5. The molecule has 1 atom stereocenters. The van der Waals surface area contributed by atoms with Crippen LogP contribution in [0.5, 0.6) is 0 Å². The summed E-state index contributed by atoms with van der Waals surface area (Å²) in [6.07, 6.45) is 5.06. The van der Waals surface area contributed by atoms with E-state index in [2.05, 4.69) is 51.7 Å². The molecule has 0 spiro atoms. The number of hydrogen-bond acceptors (Lipinski definition) is 5. The number of benzene rings is 2. The van der Waals surface area contributed by atoms with Gasteiger partial charge in [0.25, 0.3) is 0 Å². The zero-order valence-electron chi connectivity index (χ0n) is 18.4. The number of nitrogens with zero attached hydrogens (tertiary/aromatic N) is 4. The molecular weight excluding hydrogens is 402 g/mol. The molecule has 1 aromatic heterocycles. The fourth-order valence-corrected chi connectivity index (χ4v) is 3.69. The van der Waals surface area contributed by atoms with Crippen molar-refractivity contribution in [1.29, 1.82) is 0 Å². The Hall–Kier alpha value is -3.29. The lowest BCUT2D eigenvalue weighted by Gasteiger charge is -2.31. The maximum atomic E-state index is 12.7. The molecule has 2 aromatic carbocycles. The standard InChI is InChI=1S/C25H29N5O2/c1-20-7-9-22(10-8-20)24(19-29-13-15-32-16-14-29)26-25(31)12-11-23-18-30(28-27-23)17-21-5-3-2-4-6-21/h2-12,18,24H,13-17,19H2,1H3,(H,26,31)/b12-11+. The van der Waals surface area contributed by atoms with Gasteiger partial charge in [-0.2, -0.15) is 0 Å². The average molecular weight is 432 g/mol. The van der Waals surface area contributed by atoms with E-state index in [1.807, 2.05) is 36.5 Å². The third-order valence-electron chi connectivity index (χ3n) is 5.49. The largest absolute Gasteiger partial charge is 0.379 e. The predicted octanol–water partition coefficient (Wildman–Crippen LogP) is 2.84. The van der Waals surface area contributed by atoms with Crippen LogP contribution in [0.25, 0.3) is 6.08 Å². The van der Waals surface area contributed by atoms with Gasteiger partial charge < -0.3 is 10.1 Å². The van der Waals surface area contributed by atoms with E-state index < -0.39 is 0 Å². The Morgan fingerprint density at radius 2 is 1.88 bits per heavy atom. The molecule has 1 N–H and O–H groups in total. The summed E-state index contributed by atoms with van der Waals surface area (Å²) in [5, 5.41) is 11.5. The fourth-order valence-electron chi connectivity index (χ4n) is 3.69. The van der Waals surface area contributed by atoms with Gasteiger partial charge in [0.2, 0.25) is 5.91 Å². The highest BCUT2D eigenvalue weighted by Gasteiger charge is 2.19. The summed E-state index contributed by atoms with van der Waals surface area (Å²) in [5.74, 6) is -0.151. The summed E-state index contributed by atoms with van der Waals surface area (Å²) in [4.78, 5) is 15.0. The predicted molar refractivity (Wildman–Crippen MR) is 124 cm³/mol. The van der Waals surface area contributed by atoms with Crippen LogP contribution in [-0.4, -0.2) is 58.6 Å². The van der Waals surface area contributed by atoms with E-state index in [9.17, 15) is 4.79 Å². The molecule has 1 aliphatic rings. The second-order valence-electron chi connectivity index (χ2n) is 8.04. The van der Waals surface area contributed by atoms with Gasteiger partial charge in [-0.1, -0.05) is 65.4 Å². The molecule has 3 aromatic rings. The van der Waals surface area contributed by atoms with Crippen molar-refractivity contribution in [2.75, 3.05) is 32.8 Å². The van der Waals surface area contributed by atoms with Crippen molar-refractivity contribution in [2.45, 2.75) is 19.5 Å². The number of nitrogens with one attached hydrogen (secondary N) is 1. The number of amides is 1. The third-order valence-corrected chi connectivity index (χ3v) is 5.49. The van der Waals surface area contributed by atoms with Gasteiger partial charge in [0, 0.05) is 25.7 Å². The number of aromatic nitrogens is 3. The third kappa shape index (κ3) is 6.35. The molecule has 7 heteroatoms. The van der Waals surface area contributed by atoms with Crippen molar-refractivity contribution in [3.8, 4) is 0 Å². The number of aryl methyl sites for hydroxylation is 1. The fraction of sp³-hybridized carbons (Fsp3) is 0.320. The number of rotatable bonds is 8. The smallest absolute Gasteiger partial charge is 0.244 e. The van der Waals surface area contributed by atoms with Crippen molar-refractivity contribution in [3.05, 3.63) is 89.3 Å². The van der Waals surface area contributed by atoms with Gasteiger partial charge in [-0.25, -0.2) is 4.68 Å². The molecule has 4 rings (SSSR count). The molecule has 166 valence electrons. The Bertz CT molecular complexity index is 1020. The lowest BCUT2D eigenvalue weighted by atomic mass is 10.0. The SMILES string of the molecule is Cc1ccc(C(CN2CCOCC2)NC(=O)/C=C/c2cn(Cc3ccccc3)nn2)cc1. The minimum absolute atomic E-state index is 0.0976. The van der Waals surface area contributed by atoms with Crippen molar-refractivity contribution in [2.24, 2.45) is 0 Å². The summed E-state index contributed by atoms with van der Waals surface area (Å²) < 4.78 is 7.22. The quantitative estimate of drug-likeness (QED) is 0.556. The second-order valence-corrected chi connectivity index (χ2v) is 8.04. The van der Waals surface area contributed by atoms with E-state index in [-0.39, 0.29) is 11.9 Å². The first-order chi connectivity index (χ1) is 15.7. The van der Waals surface area contributed by atoms with Crippen LogP contribution in [-0.2, 0) is 16.1 Å². The Balaban J connectivity index is 1.39. The monoisotopic (exact) mass is 431 g/mol. The van der Waals surface area contributed by atoms with E-state index in [0.29, 0.717) is 12.2 Å². The topological polar surface area (TPSA) is 72.3 Å². The average Bonchev–Trinajstić information content (AvgIpc) is 3.26. The molecule has 1 saturated heterocycles. The van der Waals surface area contributed by atoms with Gasteiger partial charge in [0.15, 0.2) is 0 Å². The Labute approximate surface area is 188 Å². The first kappa shape index (κ1) is 21.9. The number of carbonyl (C=O) groups is 1. The van der Waals surface area contributed by atoms with Crippen LogP contribution in [0.2, 0.25) is 0 Å². The minimum atomic E-state index is -0.151. The normalized spacial score (nSPS) is 15.7. The van der Waals surface area contributed by atoms with Crippen LogP contribution < -0.4 is 5.32 Å². The van der Waals surface area contributed by atoms with Crippen LogP contribution in [0, 0.1) is 6.92 Å². The molecule has 2 heterocycles. The van der Waals surface area contributed by atoms with Crippen LogP contribution in [0.1, 0.15) is 28.4 Å². The summed E-state index contributed by atoms with van der Waals surface area (Å²) in [5.41, 5.74) is 4.09. The highest BCUT2D eigenvalue weighted by molar-refractivity contribution is 5.91. The van der Waals surface area contributed by atoms with Gasteiger partial charge in [-0.05, 0) is 24.1 Å². The Morgan fingerprint density at radius 1 is 1.12 bits per heavy atom. The summed E-state index contributed by atoms with van der Waals surface area (Å²) in [6.45, 7) is 6.66. The maximum Gasteiger partial charge on any atom is 0.244 e. The molecular formula is C25H29N5O2. The van der Waals surface area contributed by atoms with Crippen molar-refractivity contribution >= 4 is 12.0 Å². The van der Waals surface area contributed by atoms with Gasteiger partial charge in [-0.3, -0.25) is 9.69 Å². The van der Waals surface area contributed by atoms with Crippen molar-refractivity contribution in [3.63, 3.8) is 0 Å². The Kier molecular flexibility index (Phi) is 7.42. The Morgan fingerprint density at radius 3 is 2.62 bits per heavy atom. The molecule has 7 nitrogen and oxygen atoms in total. The van der Waals surface area contributed by atoms with Crippen molar-refractivity contribution in [1.82, 2.24) is 25.2 Å². The van der Waals surface area contributed by atoms with Gasteiger partial charge in [0.1, 0.15) is 5.69 Å². The molecule has 1 unspecified atom stereocenters. The first-order valence-electron chi connectivity index (χ1n) is 10.9. The molecule has 0 bridgehead atoms. The zero-order valence-corrected chi connectivity index (χ0v) is 18.4. The number of ether oxygens (including phenoxy) is 1. The number of carbonyl (C=O) groups excluding carboxylic acids is 1. The van der Waals surface area contributed by atoms with E-state index in [0.717, 1.165) is 44.0 Å². The van der Waals surface area contributed by atoms with Crippen LogP contribution in [0.3, 0.4) is 0 Å². The molecule has 0 radical (unpaired) electrons. The first-order valence-corrected chi connectivity index (χ1v) is 10.9.